The predicted octanol–water partition coefficient (Wildman–Crippen LogP) is 3.92. The first kappa shape index (κ1) is 21.0. The number of hydrogen-bond acceptors (Lipinski definition) is 6. The van der Waals surface area contributed by atoms with Crippen LogP contribution in [0.25, 0.3) is 0 Å². The summed E-state index contributed by atoms with van der Waals surface area (Å²) in [5, 5.41) is 17.5. The molecule has 0 radical (unpaired) electrons. The van der Waals surface area contributed by atoms with E-state index < -0.39 is 11.5 Å². The lowest BCUT2D eigenvalue weighted by atomic mass is 10.2. The van der Waals surface area contributed by atoms with Crippen LogP contribution in [0.15, 0.2) is 47.6 Å². The number of alkyl halides is 2. The number of halogens is 2. The van der Waals surface area contributed by atoms with Gasteiger partial charge in [-0.2, -0.15) is 13.9 Å². The van der Waals surface area contributed by atoms with Crippen LogP contribution in [0.3, 0.4) is 0 Å². The zero-order valence-electron chi connectivity index (χ0n) is 14.6. The molecule has 0 atom stereocenters. The van der Waals surface area contributed by atoms with Crippen molar-refractivity contribution in [2.45, 2.75) is 13.5 Å². The molecule has 0 saturated carbocycles. The maximum Gasteiger partial charge on any atom is 0.387 e. The molecule has 2 aromatic rings. The Hall–Kier alpha value is -3.34. The summed E-state index contributed by atoms with van der Waals surface area (Å²) in [4.78, 5) is 10.4. The summed E-state index contributed by atoms with van der Waals surface area (Å²) in [6.45, 7) is -1.06. The van der Waals surface area contributed by atoms with Gasteiger partial charge in [0.1, 0.15) is 5.69 Å². The van der Waals surface area contributed by atoms with E-state index in [0.29, 0.717) is 0 Å². The molecule has 0 aliphatic carbocycles. The number of nitro benzene ring substituents is 1. The number of anilines is 1. The third kappa shape index (κ3) is 5.84. The van der Waals surface area contributed by atoms with Crippen molar-refractivity contribution in [3.63, 3.8) is 0 Å². The maximum absolute atomic E-state index is 12.7. The maximum atomic E-state index is 12.7. The molecular weight excluding hydrogens is 394 g/mol. The highest BCUT2D eigenvalue weighted by Gasteiger charge is 2.15. The zero-order valence-corrected chi connectivity index (χ0v) is 15.4. The number of para-hydroxylation sites is 3. The van der Waals surface area contributed by atoms with E-state index >= 15 is 0 Å². The first-order chi connectivity index (χ1) is 13.4. The molecule has 2 rings (SSSR count). The Kier molecular flexibility index (Phi) is 7.57. The third-order valence-electron chi connectivity index (χ3n) is 3.23. The van der Waals surface area contributed by atoms with Gasteiger partial charge < -0.3 is 14.8 Å². The molecule has 0 heterocycles. The van der Waals surface area contributed by atoms with Gasteiger partial charge in [0.05, 0.1) is 17.7 Å². The van der Waals surface area contributed by atoms with E-state index in [9.17, 15) is 18.9 Å². The van der Waals surface area contributed by atoms with Gasteiger partial charge in [-0.15, -0.1) is 0 Å². The molecule has 0 amide bonds. The highest BCUT2D eigenvalue weighted by atomic mass is 32.1. The van der Waals surface area contributed by atoms with Crippen LogP contribution >= 0.6 is 12.2 Å². The third-order valence-corrected chi connectivity index (χ3v) is 3.43. The molecule has 0 saturated heterocycles. The Morgan fingerprint density at radius 1 is 1.32 bits per heavy atom. The van der Waals surface area contributed by atoms with Crippen molar-refractivity contribution >= 4 is 34.9 Å². The molecule has 2 N–H and O–H groups in total. The lowest BCUT2D eigenvalue weighted by Gasteiger charge is -2.13. The Bertz CT molecular complexity index is 880. The first-order valence-electron chi connectivity index (χ1n) is 7.96. The molecule has 28 heavy (non-hydrogen) atoms. The lowest BCUT2D eigenvalue weighted by molar-refractivity contribution is -0.383. The van der Waals surface area contributed by atoms with Crippen LogP contribution in [0.1, 0.15) is 12.5 Å². The summed E-state index contributed by atoms with van der Waals surface area (Å²) in [5.41, 5.74) is 2.71. The van der Waals surface area contributed by atoms with Crippen LogP contribution in [-0.2, 0) is 0 Å². The summed E-state index contributed by atoms with van der Waals surface area (Å²) in [5.74, 6) is -0.0187. The van der Waals surface area contributed by atoms with Gasteiger partial charge in [-0.25, -0.2) is 0 Å². The fourth-order valence-electron chi connectivity index (χ4n) is 2.17. The summed E-state index contributed by atoms with van der Waals surface area (Å²) in [6, 6.07) is 10.5. The second kappa shape index (κ2) is 10.1. The molecule has 0 fully saturated rings. The lowest BCUT2D eigenvalue weighted by Crippen LogP contribution is -2.24. The zero-order chi connectivity index (χ0) is 20.5. The van der Waals surface area contributed by atoms with Crippen LogP contribution in [0.4, 0.5) is 20.2 Å². The predicted molar refractivity (Wildman–Crippen MR) is 104 cm³/mol. The number of hydrazone groups is 1. The van der Waals surface area contributed by atoms with Gasteiger partial charge >= 0.3 is 6.61 Å². The number of ether oxygens (including phenoxy) is 2. The Morgan fingerprint density at radius 2 is 2.07 bits per heavy atom. The second-order valence-electron chi connectivity index (χ2n) is 5.08. The minimum atomic E-state index is -3.04. The van der Waals surface area contributed by atoms with Crippen LogP contribution in [0.2, 0.25) is 0 Å². The highest BCUT2D eigenvalue weighted by molar-refractivity contribution is 7.80. The quantitative estimate of drug-likeness (QED) is 0.295. The van der Waals surface area contributed by atoms with Gasteiger partial charge in [0, 0.05) is 11.6 Å². The molecule has 11 heteroatoms. The Labute approximate surface area is 164 Å². The second-order valence-corrected chi connectivity index (χ2v) is 5.49. The van der Waals surface area contributed by atoms with Gasteiger partial charge in [-0.1, -0.05) is 18.2 Å². The number of benzene rings is 2. The highest BCUT2D eigenvalue weighted by Crippen LogP contribution is 2.31. The summed E-state index contributed by atoms with van der Waals surface area (Å²) >= 11 is 5.03. The van der Waals surface area contributed by atoms with E-state index in [-0.39, 0.29) is 40.2 Å². The molecule has 0 aliphatic rings. The molecule has 148 valence electrons. The molecule has 8 nitrogen and oxygen atoms in total. The monoisotopic (exact) mass is 410 g/mol. The molecule has 0 aliphatic heterocycles. The Morgan fingerprint density at radius 3 is 2.75 bits per heavy atom. The molecular formula is C17H16F2N4O4S. The van der Waals surface area contributed by atoms with Crippen LogP contribution in [-0.4, -0.2) is 29.5 Å². The van der Waals surface area contributed by atoms with E-state index in [1.165, 1.54) is 36.5 Å². The van der Waals surface area contributed by atoms with Crippen molar-refractivity contribution < 1.29 is 23.2 Å². The van der Waals surface area contributed by atoms with Gasteiger partial charge in [0.25, 0.3) is 5.69 Å². The van der Waals surface area contributed by atoms with Crippen molar-refractivity contribution in [1.29, 1.82) is 0 Å². The average Bonchev–Trinajstić information content (AvgIpc) is 2.64. The van der Waals surface area contributed by atoms with Gasteiger partial charge in [0.15, 0.2) is 16.6 Å². The van der Waals surface area contributed by atoms with E-state index in [1.54, 1.807) is 19.1 Å². The van der Waals surface area contributed by atoms with E-state index in [1.807, 2.05) is 0 Å². The van der Waals surface area contributed by atoms with Crippen LogP contribution < -0.4 is 20.2 Å². The van der Waals surface area contributed by atoms with Gasteiger partial charge in [0.2, 0.25) is 0 Å². The summed E-state index contributed by atoms with van der Waals surface area (Å²) in [7, 11) is 0. The van der Waals surface area contributed by atoms with Crippen molar-refractivity contribution in [1.82, 2.24) is 5.43 Å². The van der Waals surface area contributed by atoms with Crippen molar-refractivity contribution in [3.05, 3.63) is 58.1 Å². The molecule has 0 unspecified atom stereocenters. The number of nitro groups is 1. The Balaban J connectivity index is 2.11. The van der Waals surface area contributed by atoms with Gasteiger partial charge in [-0.3, -0.25) is 15.5 Å². The average molecular weight is 410 g/mol. The smallest absolute Gasteiger partial charge is 0.387 e. The topological polar surface area (TPSA) is 98.0 Å². The van der Waals surface area contributed by atoms with Crippen LogP contribution in [0, 0.1) is 10.1 Å². The first-order valence-corrected chi connectivity index (χ1v) is 8.37. The van der Waals surface area contributed by atoms with E-state index in [2.05, 4.69) is 20.6 Å². The number of thiocarbonyl (C=S) groups is 1. The number of nitrogens with zero attached hydrogens (tertiary/aromatic N) is 2. The van der Waals surface area contributed by atoms with Crippen molar-refractivity contribution in [2.75, 3.05) is 11.9 Å². The number of hydrogen-bond donors (Lipinski definition) is 2. The molecule has 0 spiro atoms. The SMILES string of the molecule is CCOc1cccc(/C=N\NC(=S)Nc2ccccc2[N+](=O)[O-])c1OC(F)F. The molecule has 0 bridgehead atoms. The summed E-state index contributed by atoms with van der Waals surface area (Å²) in [6.07, 6.45) is 1.22. The fourth-order valence-corrected chi connectivity index (χ4v) is 2.33. The molecule has 2 aromatic carbocycles. The largest absolute Gasteiger partial charge is 0.490 e. The minimum Gasteiger partial charge on any atom is -0.490 e. The van der Waals surface area contributed by atoms with E-state index in [0.717, 1.165) is 0 Å². The van der Waals surface area contributed by atoms with Gasteiger partial charge in [-0.05, 0) is 37.3 Å². The number of rotatable bonds is 8. The summed E-state index contributed by atoms with van der Waals surface area (Å²) < 4.78 is 35.2. The fraction of sp³-hybridized carbons (Fsp3) is 0.176. The standard InChI is InChI=1S/C17H16F2N4O4S/c1-2-26-14-9-5-6-11(15(14)27-16(18)19)10-20-22-17(28)21-12-7-3-4-8-13(12)23(24)25/h3-10,16H,2H2,1H3,(H2,21,22,28)/b20-10-. The normalized spacial score (nSPS) is 10.7. The minimum absolute atomic E-state index is 0.0251. The van der Waals surface area contributed by atoms with Crippen LogP contribution in [0.5, 0.6) is 11.5 Å². The van der Waals surface area contributed by atoms with Crippen molar-refractivity contribution in [3.8, 4) is 11.5 Å². The number of nitrogens with one attached hydrogen (secondary N) is 2. The van der Waals surface area contributed by atoms with E-state index in [4.69, 9.17) is 17.0 Å². The molecule has 0 aromatic heterocycles. The van der Waals surface area contributed by atoms with Crippen molar-refractivity contribution in [2.24, 2.45) is 5.10 Å².